The Morgan fingerprint density at radius 2 is 1.94 bits per heavy atom. The van der Waals surface area contributed by atoms with Crippen LogP contribution < -0.4 is 11.1 Å². The van der Waals surface area contributed by atoms with Gasteiger partial charge >= 0.3 is 0 Å². The monoisotopic (exact) mass is 250 g/mol. The van der Waals surface area contributed by atoms with Gasteiger partial charge in [0.25, 0.3) is 0 Å². The van der Waals surface area contributed by atoms with E-state index in [1.54, 1.807) is 6.07 Å². The molecule has 2 rings (SSSR count). The molecule has 0 bridgehead atoms. The van der Waals surface area contributed by atoms with Gasteiger partial charge in [0, 0.05) is 12.1 Å². The van der Waals surface area contributed by atoms with Gasteiger partial charge in [0.15, 0.2) is 0 Å². The SMILES string of the molecule is CNC(c1ccc(F)c(C)c1)C1CCC(N)CC1. The van der Waals surface area contributed by atoms with Crippen LogP contribution >= 0.6 is 0 Å². The minimum Gasteiger partial charge on any atom is -0.328 e. The first-order valence-corrected chi connectivity index (χ1v) is 6.80. The van der Waals surface area contributed by atoms with Crippen LogP contribution in [0.3, 0.4) is 0 Å². The van der Waals surface area contributed by atoms with Gasteiger partial charge in [-0.1, -0.05) is 12.1 Å². The Morgan fingerprint density at radius 3 is 2.50 bits per heavy atom. The van der Waals surface area contributed by atoms with E-state index >= 15 is 0 Å². The van der Waals surface area contributed by atoms with Gasteiger partial charge in [0.1, 0.15) is 5.82 Å². The Hall–Kier alpha value is -0.930. The summed E-state index contributed by atoms with van der Waals surface area (Å²) in [6, 6.07) is 6.12. The van der Waals surface area contributed by atoms with E-state index in [4.69, 9.17) is 5.73 Å². The van der Waals surface area contributed by atoms with Gasteiger partial charge in [0.2, 0.25) is 0 Å². The van der Waals surface area contributed by atoms with E-state index in [-0.39, 0.29) is 5.82 Å². The van der Waals surface area contributed by atoms with Crippen molar-refractivity contribution in [2.24, 2.45) is 11.7 Å². The highest BCUT2D eigenvalue weighted by Gasteiger charge is 2.26. The summed E-state index contributed by atoms with van der Waals surface area (Å²) in [6.07, 6.45) is 4.51. The average molecular weight is 250 g/mol. The van der Waals surface area contributed by atoms with E-state index in [2.05, 4.69) is 5.32 Å². The predicted molar refractivity (Wildman–Crippen MR) is 72.9 cm³/mol. The Morgan fingerprint density at radius 1 is 1.28 bits per heavy atom. The molecule has 2 nitrogen and oxygen atoms in total. The van der Waals surface area contributed by atoms with Gasteiger partial charge in [-0.3, -0.25) is 0 Å². The fourth-order valence-corrected chi connectivity index (χ4v) is 3.01. The zero-order valence-electron chi connectivity index (χ0n) is 11.2. The van der Waals surface area contributed by atoms with E-state index in [1.165, 1.54) is 5.56 Å². The third-order valence-electron chi connectivity index (χ3n) is 4.14. The zero-order chi connectivity index (χ0) is 13.1. The molecule has 0 spiro atoms. The quantitative estimate of drug-likeness (QED) is 0.865. The van der Waals surface area contributed by atoms with Gasteiger partial charge in [-0.15, -0.1) is 0 Å². The van der Waals surface area contributed by atoms with Crippen molar-refractivity contribution in [1.82, 2.24) is 5.32 Å². The number of benzene rings is 1. The lowest BCUT2D eigenvalue weighted by molar-refractivity contribution is 0.262. The summed E-state index contributed by atoms with van der Waals surface area (Å²) < 4.78 is 13.3. The van der Waals surface area contributed by atoms with Crippen LogP contribution in [0.2, 0.25) is 0 Å². The van der Waals surface area contributed by atoms with E-state index < -0.39 is 0 Å². The first-order valence-electron chi connectivity index (χ1n) is 6.80. The Labute approximate surface area is 109 Å². The Bertz CT molecular complexity index is 397. The standard InChI is InChI=1S/C15H23FN2/c1-10-9-12(5-8-14(10)16)15(18-2)11-3-6-13(17)7-4-11/h5,8-9,11,13,15,18H,3-4,6-7,17H2,1-2H3. The lowest BCUT2D eigenvalue weighted by Crippen LogP contribution is -2.33. The summed E-state index contributed by atoms with van der Waals surface area (Å²) in [7, 11) is 1.98. The Kier molecular flexibility index (Phi) is 4.36. The second kappa shape index (κ2) is 5.81. The lowest BCUT2D eigenvalue weighted by Gasteiger charge is -2.33. The largest absolute Gasteiger partial charge is 0.328 e. The van der Waals surface area contributed by atoms with Gasteiger partial charge < -0.3 is 11.1 Å². The summed E-state index contributed by atoms with van der Waals surface area (Å²) in [6.45, 7) is 1.82. The van der Waals surface area contributed by atoms with Crippen molar-refractivity contribution in [3.05, 3.63) is 35.1 Å². The average Bonchev–Trinajstić information content (AvgIpc) is 2.37. The summed E-state index contributed by atoms with van der Waals surface area (Å²) >= 11 is 0. The van der Waals surface area contributed by atoms with Gasteiger partial charge in [0.05, 0.1) is 0 Å². The third kappa shape index (κ3) is 2.90. The molecule has 3 heteroatoms. The van der Waals surface area contributed by atoms with Crippen molar-refractivity contribution in [3.63, 3.8) is 0 Å². The number of aryl methyl sites for hydroxylation is 1. The topological polar surface area (TPSA) is 38.0 Å². The van der Waals surface area contributed by atoms with Crippen LogP contribution in [0.25, 0.3) is 0 Å². The van der Waals surface area contributed by atoms with Crippen LogP contribution in [0.4, 0.5) is 4.39 Å². The van der Waals surface area contributed by atoms with Gasteiger partial charge in [-0.05, 0) is 62.8 Å². The van der Waals surface area contributed by atoms with Crippen LogP contribution in [-0.2, 0) is 0 Å². The fraction of sp³-hybridized carbons (Fsp3) is 0.600. The molecule has 1 aliphatic carbocycles. The van der Waals surface area contributed by atoms with Crippen molar-refractivity contribution in [1.29, 1.82) is 0 Å². The first kappa shape index (κ1) is 13.5. The Balaban J connectivity index is 2.14. The summed E-state index contributed by atoms with van der Waals surface area (Å²) in [4.78, 5) is 0. The summed E-state index contributed by atoms with van der Waals surface area (Å²) in [5.74, 6) is 0.485. The lowest BCUT2D eigenvalue weighted by atomic mass is 9.79. The maximum atomic E-state index is 13.3. The molecule has 1 aliphatic rings. The number of hydrogen-bond donors (Lipinski definition) is 2. The van der Waals surface area contributed by atoms with Crippen LogP contribution in [0.5, 0.6) is 0 Å². The molecule has 0 heterocycles. The fourth-order valence-electron chi connectivity index (χ4n) is 3.01. The molecule has 1 aromatic rings. The molecule has 1 atom stereocenters. The van der Waals surface area contributed by atoms with Crippen LogP contribution in [-0.4, -0.2) is 13.1 Å². The molecule has 100 valence electrons. The molecule has 1 fully saturated rings. The normalized spacial score (nSPS) is 26.0. The van der Waals surface area contributed by atoms with E-state index in [0.29, 0.717) is 18.0 Å². The van der Waals surface area contributed by atoms with Gasteiger partial charge in [-0.25, -0.2) is 4.39 Å². The minimum atomic E-state index is -0.126. The number of halogens is 1. The highest BCUT2D eigenvalue weighted by Crippen LogP contribution is 2.34. The molecule has 18 heavy (non-hydrogen) atoms. The summed E-state index contributed by atoms with van der Waals surface area (Å²) in [5, 5.41) is 3.39. The molecule has 1 saturated carbocycles. The zero-order valence-corrected chi connectivity index (χ0v) is 11.2. The number of rotatable bonds is 3. The second-order valence-corrected chi connectivity index (χ2v) is 5.45. The maximum Gasteiger partial charge on any atom is 0.126 e. The highest BCUT2D eigenvalue weighted by atomic mass is 19.1. The van der Waals surface area contributed by atoms with Crippen LogP contribution in [0.15, 0.2) is 18.2 Å². The molecule has 1 aromatic carbocycles. The van der Waals surface area contributed by atoms with Crippen molar-refractivity contribution in [2.75, 3.05) is 7.05 Å². The van der Waals surface area contributed by atoms with Crippen LogP contribution in [0, 0.1) is 18.7 Å². The third-order valence-corrected chi connectivity index (χ3v) is 4.14. The molecular weight excluding hydrogens is 227 g/mol. The van der Waals surface area contributed by atoms with Gasteiger partial charge in [-0.2, -0.15) is 0 Å². The number of nitrogens with one attached hydrogen (secondary N) is 1. The van der Waals surface area contributed by atoms with Crippen molar-refractivity contribution in [3.8, 4) is 0 Å². The molecular formula is C15H23FN2. The van der Waals surface area contributed by atoms with Crippen LogP contribution in [0.1, 0.15) is 42.9 Å². The maximum absolute atomic E-state index is 13.3. The molecule has 0 aromatic heterocycles. The van der Waals surface area contributed by atoms with Crippen molar-refractivity contribution < 1.29 is 4.39 Å². The molecule has 1 unspecified atom stereocenters. The van der Waals surface area contributed by atoms with E-state index in [9.17, 15) is 4.39 Å². The van der Waals surface area contributed by atoms with Crippen molar-refractivity contribution >= 4 is 0 Å². The van der Waals surface area contributed by atoms with E-state index in [1.807, 2.05) is 26.1 Å². The second-order valence-electron chi connectivity index (χ2n) is 5.45. The predicted octanol–water partition coefficient (Wildman–Crippen LogP) is 2.91. The first-order chi connectivity index (χ1) is 8.61. The molecule has 0 aliphatic heterocycles. The number of hydrogen-bond acceptors (Lipinski definition) is 2. The molecule has 0 amide bonds. The van der Waals surface area contributed by atoms with E-state index in [0.717, 1.165) is 31.2 Å². The summed E-state index contributed by atoms with van der Waals surface area (Å²) in [5.41, 5.74) is 7.87. The minimum absolute atomic E-state index is 0.126. The number of nitrogens with two attached hydrogens (primary N) is 1. The molecule has 0 radical (unpaired) electrons. The van der Waals surface area contributed by atoms with Crippen molar-refractivity contribution in [2.45, 2.75) is 44.7 Å². The highest BCUT2D eigenvalue weighted by molar-refractivity contribution is 5.27. The molecule has 0 saturated heterocycles. The molecule has 3 N–H and O–H groups in total. The smallest absolute Gasteiger partial charge is 0.126 e.